The van der Waals surface area contributed by atoms with Crippen LogP contribution in [0.5, 0.6) is 0 Å². The summed E-state index contributed by atoms with van der Waals surface area (Å²) in [5.41, 5.74) is 0.815. The third-order valence-electron chi connectivity index (χ3n) is 1.23. The summed E-state index contributed by atoms with van der Waals surface area (Å²) in [5.74, 6) is -0.981. The largest absolute Gasteiger partial charge is 0.502 e. The molecule has 0 amide bonds. The molecule has 2 N–H and O–H groups in total. The molecule has 1 aromatic heterocycles. The van der Waals surface area contributed by atoms with Crippen molar-refractivity contribution in [3.05, 3.63) is 44.1 Å². The van der Waals surface area contributed by atoms with Crippen molar-refractivity contribution < 1.29 is 42.6 Å². The van der Waals surface area contributed by atoms with E-state index in [9.17, 15) is 4.79 Å². The minimum absolute atomic E-state index is 0. The first-order valence-corrected chi connectivity index (χ1v) is 4.90. The van der Waals surface area contributed by atoms with E-state index < -0.39 is 5.97 Å². The number of rotatable bonds is 4. The molecular formula is C12H20N2O2Y-2. The fourth-order valence-corrected chi connectivity index (χ4v) is 0.746. The van der Waals surface area contributed by atoms with Gasteiger partial charge in [0.05, 0.1) is 5.69 Å². The van der Waals surface area contributed by atoms with Crippen LogP contribution in [-0.2, 0) is 44.0 Å². The predicted octanol–water partition coefficient (Wildman–Crippen LogP) is 2.28. The molecule has 1 rings (SSSR count). The van der Waals surface area contributed by atoms with Crippen LogP contribution in [-0.4, -0.2) is 16.1 Å². The molecule has 1 heterocycles. The molecule has 0 bridgehead atoms. The van der Waals surface area contributed by atoms with Crippen LogP contribution >= 0.6 is 0 Å². The fraction of sp³-hybridized carbons (Fsp3) is 0.333. The average molecular weight is 313 g/mol. The number of aliphatic carboxylic acids is 1. The Hall–Kier alpha value is -0.446. The van der Waals surface area contributed by atoms with Crippen molar-refractivity contribution in [1.29, 1.82) is 0 Å². The summed E-state index contributed by atoms with van der Waals surface area (Å²) >= 11 is 0. The van der Waals surface area contributed by atoms with Gasteiger partial charge in [0.15, 0.2) is 5.97 Å². The van der Waals surface area contributed by atoms with Crippen LogP contribution in [0.4, 0.5) is 0 Å². The van der Waals surface area contributed by atoms with E-state index in [-0.39, 0.29) is 40.1 Å². The number of hydrogen-bond acceptors (Lipinski definition) is 3. The van der Waals surface area contributed by atoms with Gasteiger partial charge in [-0.15, -0.1) is 0 Å². The molecule has 1 radical (unpaired) electrons. The van der Waals surface area contributed by atoms with Gasteiger partial charge in [0.2, 0.25) is 0 Å². The Balaban J connectivity index is -0.000000356. The van der Waals surface area contributed by atoms with Crippen molar-refractivity contribution >= 4 is 5.97 Å². The van der Waals surface area contributed by atoms with Crippen LogP contribution in [0.25, 0.3) is 0 Å². The first kappa shape index (κ1) is 21.8. The second-order valence-corrected chi connectivity index (χ2v) is 2.89. The Morgan fingerprint density at radius 3 is 2.47 bits per heavy atom. The molecule has 0 saturated carbocycles. The number of nitrogens with zero attached hydrogens (tertiary/aromatic N) is 1. The third kappa shape index (κ3) is 15.6. The maximum Gasteiger partial charge on any atom is 0.177 e. The van der Waals surface area contributed by atoms with Crippen molar-refractivity contribution in [2.45, 2.75) is 26.8 Å². The Kier molecular flexibility index (Phi) is 19.9. The molecule has 95 valence electrons. The van der Waals surface area contributed by atoms with E-state index >= 15 is 0 Å². The zero-order valence-electron chi connectivity index (χ0n) is 10.7. The Morgan fingerprint density at radius 2 is 2.06 bits per heavy atom. The van der Waals surface area contributed by atoms with Crippen LogP contribution in [0.1, 0.15) is 26.0 Å². The van der Waals surface area contributed by atoms with Crippen LogP contribution in [0.2, 0.25) is 0 Å². The molecule has 0 aliphatic heterocycles. The van der Waals surface area contributed by atoms with Gasteiger partial charge in [0.1, 0.15) is 0 Å². The number of carbonyl (C=O) groups is 1. The van der Waals surface area contributed by atoms with Gasteiger partial charge < -0.3 is 17.8 Å². The normalized spacial score (nSPS) is 7.65. The number of carboxylic acid groups (broad SMARTS) is 1. The van der Waals surface area contributed by atoms with Gasteiger partial charge in [-0.1, -0.05) is 26.3 Å². The van der Waals surface area contributed by atoms with E-state index in [4.69, 9.17) is 5.11 Å². The van der Waals surface area contributed by atoms with E-state index in [1.807, 2.05) is 18.2 Å². The number of carboxylic acids is 1. The van der Waals surface area contributed by atoms with E-state index in [1.54, 1.807) is 6.20 Å². The quantitative estimate of drug-likeness (QED) is 0.837. The molecule has 4 nitrogen and oxygen atoms in total. The zero-order chi connectivity index (χ0) is 11.5. The molecule has 0 unspecified atom stereocenters. The van der Waals surface area contributed by atoms with Crippen molar-refractivity contribution in [1.82, 2.24) is 10.3 Å². The van der Waals surface area contributed by atoms with Crippen molar-refractivity contribution in [2.24, 2.45) is 0 Å². The minimum atomic E-state index is -0.981. The van der Waals surface area contributed by atoms with Gasteiger partial charge in [0, 0.05) is 45.5 Å². The molecule has 0 aliphatic carbocycles. The standard InChI is InChI=1S/C8H9N2O2.C3H8.CH3.Y/c11-8(12)6-9-5-7-3-1-2-4-10-7;1-3-2;;/h1-4,6,9H,5H2,(H,11,12);3H2,1-2H3;1H3;/q-1;;-1;. The maximum absolute atomic E-state index is 10.1. The average Bonchev–Trinajstić information content (AvgIpc) is 2.20. The smallest absolute Gasteiger partial charge is 0.177 e. The molecule has 17 heavy (non-hydrogen) atoms. The first-order chi connectivity index (χ1) is 7.20. The van der Waals surface area contributed by atoms with Gasteiger partial charge in [-0.2, -0.15) is 0 Å². The Morgan fingerprint density at radius 1 is 1.47 bits per heavy atom. The molecule has 0 fully saturated rings. The minimum Gasteiger partial charge on any atom is -0.502 e. The van der Waals surface area contributed by atoms with Crippen LogP contribution < -0.4 is 5.32 Å². The second kappa shape index (κ2) is 15.6. The van der Waals surface area contributed by atoms with Gasteiger partial charge in [-0.05, 0) is 12.1 Å². The molecular weight excluding hydrogens is 293 g/mol. The van der Waals surface area contributed by atoms with Gasteiger partial charge >= 0.3 is 0 Å². The third-order valence-corrected chi connectivity index (χ3v) is 1.23. The van der Waals surface area contributed by atoms with Gasteiger partial charge in [-0.3, -0.25) is 9.78 Å². The van der Waals surface area contributed by atoms with Crippen molar-refractivity contribution in [3.8, 4) is 0 Å². The fourth-order valence-electron chi connectivity index (χ4n) is 0.746. The molecule has 0 aliphatic rings. The van der Waals surface area contributed by atoms with Crippen LogP contribution in [0.3, 0.4) is 0 Å². The monoisotopic (exact) mass is 313 g/mol. The first-order valence-electron chi connectivity index (χ1n) is 4.90. The number of nitrogens with one attached hydrogen (secondary N) is 1. The van der Waals surface area contributed by atoms with E-state index in [1.165, 1.54) is 6.42 Å². The molecule has 0 atom stereocenters. The summed E-state index contributed by atoms with van der Waals surface area (Å²) in [4.78, 5) is 14.1. The Bertz CT molecular complexity index is 268. The Labute approximate surface area is 129 Å². The van der Waals surface area contributed by atoms with Gasteiger partial charge in [-0.25, -0.2) is 6.54 Å². The van der Waals surface area contributed by atoms with Crippen molar-refractivity contribution in [2.75, 3.05) is 0 Å². The second-order valence-electron chi connectivity index (χ2n) is 2.89. The molecule has 5 heteroatoms. The topological polar surface area (TPSA) is 62.2 Å². The summed E-state index contributed by atoms with van der Waals surface area (Å²) in [6.45, 7) is 5.68. The summed E-state index contributed by atoms with van der Waals surface area (Å²) in [6.07, 6.45) is 2.91. The van der Waals surface area contributed by atoms with E-state index in [0.29, 0.717) is 6.54 Å². The van der Waals surface area contributed by atoms with Crippen molar-refractivity contribution in [3.63, 3.8) is 0 Å². The maximum atomic E-state index is 10.1. The molecule has 0 spiro atoms. The molecule has 0 saturated heterocycles. The van der Waals surface area contributed by atoms with Crippen LogP contribution in [0.15, 0.2) is 24.4 Å². The summed E-state index contributed by atoms with van der Waals surface area (Å²) < 4.78 is 0. The van der Waals surface area contributed by atoms with E-state index in [0.717, 1.165) is 12.2 Å². The summed E-state index contributed by atoms with van der Waals surface area (Å²) in [7, 11) is 0. The predicted molar refractivity (Wildman–Crippen MR) is 65.4 cm³/mol. The number of aromatic nitrogens is 1. The van der Waals surface area contributed by atoms with E-state index in [2.05, 4.69) is 24.1 Å². The number of hydrogen-bond donors (Lipinski definition) is 2. The number of pyridine rings is 1. The summed E-state index contributed by atoms with van der Waals surface area (Å²) in [5, 5.41) is 10.9. The summed E-state index contributed by atoms with van der Waals surface area (Å²) in [6, 6.07) is 5.48. The SMILES string of the molecule is CCC.O=C(O)[CH-]NCc1ccccn1.[CH3-].[Y]. The molecule has 0 aromatic carbocycles. The van der Waals surface area contributed by atoms with Gasteiger partial charge in [0.25, 0.3) is 0 Å². The van der Waals surface area contributed by atoms with Crippen LogP contribution in [0, 0.1) is 14.0 Å². The molecule has 1 aromatic rings. The zero-order valence-corrected chi connectivity index (χ0v) is 13.5.